The molecule has 0 aliphatic rings. The third-order valence-corrected chi connectivity index (χ3v) is 5.42. The molecule has 1 aromatic carbocycles. The van der Waals surface area contributed by atoms with Crippen molar-refractivity contribution in [2.24, 2.45) is 11.8 Å². The summed E-state index contributed by atoms with van der Waals surface area (Å²) in [4.78, 5) is 0.0122. The first kappa shape index (κ1) is 18.6. The van der Waals surface area contributed by atoms with Crippen molar-refractivity contribution in [3.05, 3.63) is 22.2 Å². The lowest BCUT2D eigenvalue weighted by molar-refractivity contribution is 0.333. The lowest BCUT2D eigenvalue weighted by Gasteiger charge is -2.26. The molecule has 0 unspecified atom stereocenters. The summed E-state index contributed by atoms with van der Waals surface area (Å²) < 4.78 is 27.1. The van der Waals surface area contributed by atoms with Gasteiger partial charge in [-0.05, 0) is 24.0 Å². The van der Waals surface area contributed by atoms with E-state index in [0.717, 1.165) is 0 Å². The van der Waals surface area contributed by atoms with E-state index in [4.69, 9.17) is 28.9 Å². The van der Waals surface area contributed by atoms with Crippen LogP contribution in [-0.4, -0.2) is 25.8 Å². The molecule has 120 valence electrons. The third-order valence-electron chi connectivity index (χ3n) is 2.81. The molecule has 0 saturated heterocycles. The van der Waals surface area contributed by atoms with E-state index < -0.39 is 10.0 Å². The van der Waals surface area contributed by atoms with Crippen LogP contribution in [0.4, 0.5) is 5.69 Å². The second kappa shape index (κ2) is 7.18. The van der Waals surface area contributed by atoms with Gasteiger partial charge in [-0.15, -0.1) is 0 Å². The smallest absolute Gasteiger partial charge is 0.245 e. The van der Waals surface area contributed by atoms with Crippen molar-refractivity contribution < 1.29 is 8.42 Å². The molecule has 0 fully saturated rings. The molecule has 1 rings (SSSR count). The Morgan fingerprint density at radius 2 is 1.48 bits per heavy atom. The highest BCUT2D eigenvalue weighted by molar-refractivity contribution is 7.89. The molecule has 0 aliphatic carbocycles. The number of nitrogens with zero attached hydrogens (tertiary/aromatic N) is 1. The van der Waals surface area contributed by atoms with Crippen molar-refractivity contribution in [3.63, 3.8) is 0 Å². The first-order valence-corrected chi connectivity index (χ1v) is 9.00. The van der Waals surface area contributed by atoms with E-state index in [1.807, 2.05) is 27.7 Å². The van der Waals surface area contributed by atoms with E-state index in [1.165, 1.54) is 16.4 Å². The Labute approximate surface area is 137 Å². The van der Waals surface area contributed by atoms with Gasteiger partial charge in [0.1, 0.15) is 4.90 Å². The van der Waals surface area contributed by atoms with Crippen LogP contribution < -0.4 is 5.73 Å². The highest BCUT2D eigenvalue weighted by atomic mass is 35.5. The molecule has 2 N–H and O–H groups in total. The van der Waals surface area contributed by atoms with E-state index in [0.29, 0.717) is 13.1 Å². The predicted molar refractivity (Wildman–Crippen MR) is 89.3 cm³/mol. The number of benzene rings is 1. The summed E-state index contributed by atoms with van der Waals surface area (Å²) >= 11 is 11.8. The Kier molecular flexibility index (Phi) is 6.35. The predicted octanol–water partition coefficient (Wildman–Crippen LogP) is 3.88. The topological polar surface area (TPSA) is 63.4 Å². The molecule has 0 aliphatic heterocycles. The van der Waals surface area contributed by atoms with Crippen LogP contribution in [0.1, 0.15) is 27.7 Å². The standard InChI is InChI=1S/C14H22Cl2N2O2S/c1-9(2)7-18(8-10(3)4)21(19,20)14-6-12(16)11(15)5-13(14)17/h5-6,9-10H,7-8,17H2,1-4H3. The number of hydrogen-bond donors (Lipinski definition) is 1. The second-order valence-corrected chi connectivity index (χ2v) is 8.63. The average molecular weight is 353 g/mol. The summed E-state index contributed by atoms with van der Waals surface area (Å²) in [5.41, 5.74) is 5.94. The Morgan fingerprint density at radius 1 is 1.05 bits per heavy atom. The fraction of sp³-hybridized carbons (Fsp3) is 0.571. The summed E-state index contributed by atoms with van der Waals surface area (Å²) in [6, 6.07) is 2.70. The van der Waals surface area contributed by atoms with Gasteiger partial charge in [0.25, 0.3) is 0 Å². The monoisotopic (exact) mass is 352 g/mol. The lowest BCUT2D eigenvalue weighted by Crippen LogP contribution is -2.37. The molecular weight excluding hydrogens is 331 g/mol. The van der Waals surface area contributed by atoms with Crippen LogP contribution in [-0.2, 0) is 10.0 Å². The van der Waals surface area contributed by atoms with Gasteiger partial charge in [-0.2, -0.15) is 4.31 Å². The quantitative estimate of drug-likeness (QED) is 0.790. The van der Waals surface area contributed by atoms with Gasteiger partial charge in [0.15, 0.2) is 0 Å². The summed E-state index contributed by atoms with van der Waals surface area (Å²) in [7, 11) is -3.70. The Balaban J connectivity index is 3.31. The van der Waals surface area contributed by atoms with Gasteiger partial charge in [0, 0.05) is 13.1 Å². The van der Waals surface area contributed by atoms with Gasteiger partial charge in [-0.3, -0.25) is 0 Å². The number of nitrogen functional groups attached to an aromatic ring is 1. The van der Waals surface area contributed by atoms with E-state index >= 15 is 0 Å². The number of hydrogen-bond acceptors (Lipinski definition) is 3. The maximum absolute atomic E-state index is 12.8. The zero-order chi connectivity index (χ0) is 16.4. The van der Waals surface area contributed by atoms with Crippen LogP contribution in [0.15, 0.2) is 17.0 Å². The molecular formula is C14H22Cl2N2O2S. The van der Waals surface area contributed by atoms with Gasteiger partial charge >= 0.3 is 0 Å². The van der Waals surface area contributed by atoms with Gasteiger partial charge < -0.3 is 5.73 Å². The first-order valence-electron chi connectivity index (χ1n) is 6.80. The molecule has 0 amide bonds. The highest BCUT2D eigenvalue weighted by Crippen LogP contribution is 2.32. The van der Waals surface area contributed by atoms with Crippen LogP contribution in [0, 0.1) is 11.8 Å². The molecule has 0 saturated carbocycles. The molecule has 0 radical (unpaired) electrons. The Bertz CT molecular complexity index is 591. The SMILES string of the molecule is CC(C)CN(CC(C)C)S(=O)(=O)c1cc(Cl)c(Cl)cc1N. The molecule has 21 heavy (non-hydrogen) atoms. The average Bonchev–Trinajstić information content (AvgIpc) is 2.31. The van der Waals surface area contributed by atoms with Gasteiger partial charge in [0.05, 0.1) is 15.7 Å². The van der Waals surface area contributed by atoms with Gasteiger partial charge in [-0.1, -0.05) is 50.9 Å². The molecule has 0 aromatic heterocycles. The van der Waals surface area contributed by atoms with E-state index in [-0.39, 0.29) is 32.5 Å². The zero-order valence-corrected chi connectivity index (χ0v) is 15.1. The van der Waals surface area contributed by atoms with Crippen molar-refractivity contribution in [3.8, 4) is 0 Å². The molecule has 7 heteroatoms. The van der Waals surface area contributed by atoms with Crippen molar-refractivity contribution >= 4 is 38.9 Å². The first-order chi connectivity index (χ1) is 9.55. The van der Waals surface area contributed by atoms with Gasteiger partial charge in [0.2, 0.25) is 10.0 Å². The van der Waals surface area contributed by atoms with Crippen LogP contribution in [0.25, 0.3) is 0 Å². The summed E-state index contributed by atoms with van der Waals surface area (Å²) in [5, 5.41) is 0.422. The van der Waals surface area contributed by atoms with Crippen LogP contribution in [0.2, 0.25) is 10.0 Å². The minimum absolute atomic E-state index is 0.0122. The zero-order valence-electron chi connectivity index (χ0n) is 12.7. The fourth-order valence-electron chi connectivity index (χ4n) is 1.99. The Morgan fingerprint density at radius 3 is 1.90 bits per heavy atom. The van der Waals surface area contributed by atoms with E-state index in [2.05, 4.69) is 0 Å². The maximum atomic E-state index is 12.8. The largest absolute Gasteiger partial charge is 0.398 e. The number of nitrogens with two attached hydrogens (primary N) is 1. The van der Waals surface area contributed by atoms with E-state index in [9.17, 15) is 8.42 Å². The molecule has 0 bridgehead atoms. The summed E-state index contributed by atoms with van der Waals surface area (Å²) in [6.07, 6.45) is 0. The molecule has 0 atom stereocenters. The number of rotatable bonds is 6. The normalized spacial score (nSPS) is 12.6. The number of anilines is 1. The molecule has 0 spiro atoms. The van der Waals surface area contributed by atoms with E-state index in [1.54, 1.807) is 0 Å². The third kappa shape index (κ3) is 4.74. The summed E-state index contributed by atoms with van der Waals surface area (Å²) in [5.74, 6) is 0.421. The second-order valence-electron chi connectivity index (χ2n) is 5.91. The number of halogens is 2. The Hall–Kier alpha value is -0.490. The van der Waals surface area contributed by atoms with Crippen LogP contribution in [0.3, 0.4) is 0 Å². The molecule has 1 aromatic rings. The highest BCUT2D eigenvalue weighted by Gasteiger charge is 2.28. The van der Waals surface area contributed by atoms with Gasteiger partial charge in [-0.25, -0.2) is 8.42 Å². The lowest BCUT2D eigenvalue weighted by atomic mass is 10.2. The fourth-order valence-corrected chi connectivity index (χ4v) is 4.28. The van der Waals surface area contributed by atoms with Crippen molar-refractivity contribution in [2.45, 2.75) is 32.6 Å². The van der Waals surface area contributed by atoms with Crippen molar-refractivity contribution in [1.82, 2.24) is 4.31 Å². The minimum atomic E-state index is -3.70. The molecule has 4 nitrogen and oxygen atoms in total. The molecule has 0 heterocycles. The number of sulfonamides is 1. The minimum Gasteiger partial charge on any atom is -0.398 e. The van der Waals surface area contributed by atoms with Crippen LogP contribution >= 0.6 is 23.2 Å². The summed E-state index contributed by atoms with van der Waals surface area (Å²) in [6.45, 7) is 8.75. The van der Waals surface area contributed by atoms with Crippen LogP contribution in [0.5, 0.6) is 0 Å². The van der Waals surface area contributed by atoms with Crippen molar-refractivity contribution in [2.75, 3.05) is 18.8 Å². The van der Waals surface area contributed by atoms with Crippen molar-refractivity contribution in [1.29, 1.82) is 0 Å². The maximum Gasteiger partial charge on any atom is 0.245 e.